The SMILES string of the molecule is COc1ccc([C@@H](C)NC/C=C/c2c[nH]c3nccc(-c4cccc(N(C)C)c4)c23)cc1OC. The van der Waals surface area contributed by atoms with Gasteiger partial charge in [-0.15, -0.1) is 0 Å². The number of fused-ring (bicyclic) bond motifs is 1. The van der Waals surface area contributed by atoms with Crippen LogP contribution in [0.2, 0.25) is 0 Å². The molecule has 4 aromatic rings. The van der Waals surface area contributed by atoms with Gasteiger partial charge >= 0.3 is 0 Å². The Morgan fingerprint density at radius 2 is 1.88 bits per heavy atom. The van der Waals surface area contributed by atoms with Crippen molar-refractivity contribution in [3.63, 3.8) is 0 Å². The van der Waals surface area contributed by atoms with Crippen LogP contribution >= 0.6 is 0 Å². The number of aromatic amines is 1. The summed E-state index contributed by atoms with van der Waals surface area (Å²) in [7, 11) is 7.42. The van der Waals surface area contributed by atoms with E-state index in [4.69, 9.17) is 9.47 Å². The summed E-state index contributed by atoms with van der Waals surface area (Å²) in [6.45, 7) is 2.87. The fourth-order valence-electron chi connectivity index (χ4n) is 4.08. The van der Waals surface area contributed by atoms with Crippen LogP contribution in [0.15, 0.2) is 67.0 Å². The fourth-order valence-corrected chi connectivity index (χ4v) is 4.08. The van der Waals surface area contributed by atoms with E-state index in [1.165, 1.54) is 16.8 Å². The van der Waals surface area contributed by atoms with Crippen molar-refractivity contribution < 1.29 is 9.47 Å². The molecular formula is C28H32N4O2. The van der Waals surface area contributed by atoms with E-state index in [9.17, 15) is 0 Å². The number of methoxy groups -OCH3 is 2. The Kier molecular flexibility index (Phi) is 7.18. The van der Waals surface area contributed by atoms with Gasteiger partial charge in [-0.2, -0.15) is 0 Å². The molecule has 0 unspecified atom stereocenters. The van der Waals surface area contributed by atoms with Crippen molar-refractivity contribution in [2.45, 2.75) is 13.0 Å². The quantitative estimate of drug-likeness (QED) is 0.339. The Morgan fingerprint density at radius 3 is 2.65 bits per heavy atom. The molecule has 0 aliphatic heterocycles. The molecule has 6 heteroatoms. The lowest BCUT2D eigenvalue weighted by molar-refractivity contribution is 0.354. The number of rotatable bonds is 9. The molecule has 0 aliphatic rings. The van der Waals surface area contributed by atoms with E-state index in [0.717, 1.165) is 40.2 Å². The van der Waals surface area contributed by atoms with Gasteiger partial charge in [0.15, 0.2) is 11.5 Å². The van der Waals surface area contributed by atoms with Gasteiger partial charge in [0.05, 0.1) is 14.2 Å². The number of pyridine rings is 1. The minimum Gasteiger partial charge on any atom is -0.493 e. The maximum absolute atomic E-state index is 5.43. The Bertz CT molecular complexity index is 1290. The monoisotopic (exact) mass is 456 g/mol. The van der Waals surface area contributed by atoms with E-state index in [2.05, 4.69) is 89.8 Å². The van der Waals surface area contributed by atoms with Crippen LogP contribution in [0.5, 0.6) is 11.5 Å². The third kappa shape index (κ3) is 4.92. The highest BCUT2D eigenvalue weighted by Crippen LogP contribution is 2.33. The molecule has 2 heterocycles. The highest BCUT2D eigenvalue weighted by molar-refractivity contribution is 5.99. The van der Waals surface area contributed by atoms with Crippen molar-refractivity contribution in [2.75, 3.05) is 39.8 Å². The number of H-pyrrole nitrogens is 1. The zero-order valence-corrected chi connectivity index (χ0v) is 20.4. The predicted molar refractivity (Wildman–Crippen MR) is 141 cm³/mol. The van der Waals surface area contributed by atoms with Gasteiger partial charge in [0.1, 0.15) is 5.65 Å². The zero-order valence-electron chi connectivity index (χ0n) is 20.4. The van der Waals surface area contributed by atoms with Gasteiger partial charge in [-0.3, -0.25) is 0 Å². The Labute approximate surface area is 201 Å². The fraction of sp³-hybridized carbons (Fsp3) is 0.250. The van der Waals surface area contributed by atoms with Gasteiger partial charge in [0.25, 0.3) is 0 Å². The molecule has 176 valence electrons. The molecule has 0 aliphatic carbocycles. The number of nitrogens with zero attached hydrogens (tertiary/aromatic N) is 2. The predicted octanol–water partition coefficient (Wildman–Crippen LogP) is 5.68. The molecule has 0 saturated carbocycles. The average molecular weight is 457 g/mol. The maximum atomic E-state index is 5.43. The van der Waals surface area contributed by atoms with Crippen molar-refractivity contribution in [3.8, 4) is 22.6 Å². The lowest BCUT2D eigenvalue weighted by atomic mass is 10.0. The first-order chi connectivity index (χ1) is 16.5. The molecule has 1 atom stereocenters. The highest BCUT2D eigenvalue weighted by atomic mass is 16.5. The summed E-state index contributed by atoms with van der Waals surface area (Å²) in [5.41, 5.74) is 6.66. The molecule has 0 radical (unpaired) electrons. The first-order valence-electron chi connectivity index (χ1n) is 11.4. The summed E-state index contributed by atoms with van der Waals surface area (Å²) in [6, 6.07) is 16.8. The van der Waals surface area contributed by atoms with E-state index in [0.29, 0.717) is 0 Å². The van der Waals surface area contributed by atoms with Gasteiger partial charge < -0.3 is 24.7 Å². The Balaban J connectivity index is 1.52. The average Bonchev–Trinajstić information content (AvgIpc) is 3.29. The molecular weight excluding hydrogens is 424 g/mol. The number of ether oxygens (including phenoxy) is 2. The van der Waals surface area contributed by atoms with Crippen LogP contribution in [0, 0.1) is 0 Å². The van der Waals surface area contributed by atoms with Crippen LogP contribution in [-0.2, 0) is 0 Å². The van der Waals surface area contributed by atoms with Crippen LogP contribution in [0.1, 0.15) is 24.1 Å². The summed E-state index contributed by atoms with van der Waals surface area (Å²) in [5.74, 6) is 1.47. The smallest absolute Gasteiger partial charge is 0.161 e. The second-order valence-electron chi connectivity index (χ2n) is 8.42. The molecule has 2 aromatic heterocycles. The largest absolute Gasteiger partial charge is 0.493 e. The van der Waals surface area contributed by atoms with Crippen molar-refractivity contribution in [1.82, 2.24) is 15.3 Å². The first kappa shape index (κ1) is 23.4. The van der Waals surface area contributed by atoms with E-state index in [1.807, 2.05) is 24.5 Å². The topological polar surface area (TPSA) is 62.4 Å². The second-order valence-corrected chi connectivity index (χ2v) is 8.42. The molecule has 2 aromatic carbocycles. The van der Waals surface area contributed by atoms with Gasteiger partial charge in [-0.1, -0.05) is 30.4 Å². The molecule has 0 bridgehead atoms. The third-order valence-electron chi connectivity index (χ3n) is 6.02. The first-order valence-corrected chi connectivity index (χ1v) is 11.4. The Hall–Kier alpha value is -3.77. The summed E-state index contributed by atoms with van der Waals surface area (Å²) in [5, 5.41) is 4.68. The molecule has 6 nitrogen and oxygen atoms in total. The van der Waals surface area contributed by atoms with E-state index in [1.54, 1.807) is 14.2 Å². The van der Waals surface area contributed by atoms with Crippen LogP contribution in [0.4, 0.5) is 5.69 Å². The van der Waals surface area contributed by atoms with Crippen LogP contribution in [-0.4, -0.2) is 44.8 Å². The molecule has 34 heavy (non-hydrogen) atoms. The number of hydrogen-bond acceptors (Lipinski definition) is 5. The minimum atomic E-state index is 0.165. The van der Waals surface area contributed by atoms with Crippen molar-refractivity contribution in [1.29, 1.82) is 0 Å². The van der Waals surface area contributed by atoms with Gasteiger partial charge in [-0.05, 0) is 53.9 Å². The second kappa shape index (κ2) is 10.4. The summed E-state index contributed by atoms with van der Waals surface area (Å²) < 4.78 is 10.8. The number of benzene rings is 2. The van der Waals surface area contributed by atoms with Crippen molar-refractivity contribution in [2.24, 2.45) is 0 Å². The summed E-state index contributed by atoms with van der Waals surface area (Å²) in [6.07, 6.45) is 8.17. The lowest BCUT2D eigenvalue weighted by Crippen LogP contribution is -2.18. The number of anilines is 1. The van der Waals surface area contributed by atoms with Gasteiger partial charge in [-0.25, -0.2) is 4.98 Å². The van der Waals surface area contributed by atoms with Crippen LogP contribution in [0.3, 0.4) is 0 Å². The standard InChI is InChI=1S/C28H32N4O2/c1-19(20-11-12-25(33-4)26(17-20)34-5)29-14-7-9-22-18-31-28-27(22)24(13-15-30-28)21-8-6-10-23(16-21)32(2)3/h6-13,15-19,29H,14H2,1-5H3,(H,30,31)/b9-7+/t19-/m1/s1. The maximum Gasteiger partial charge on any atom is 0.161 e. The lowest BCUT2D eigenvalue weighted by Gasteiger charge is -2.15. The van der Waals surface area contributed by atoms with Crippen molar-refractivity contribution in [3.05, 3.63) is 78.1 Å². The highest BCUT2D eigenvalue weighted by Gasteiger charge is 2.12. The van der Waals surface area contributed by atoms with Crippen LogP contribution < -0.4 is 19.7 Å². The van der Waals surface area contributed by atoms with Crippen LogP contribution in [0.25, 0.3) is 28.2 Å². The normalized spacial score (nSPS) is 12.3. The number of nitrogens with one attached hydrogen (secondary N) is 2. The Morgan fingerprint density at radius 1 is 1.06 bits per heavy atom. The van der Waals surface area contributed by atoms with Gasteiger partial charge in [0.2, 0.25) is 0 Å². The summed E-state index contributed by atoms with van der Waals surface area (Å²) in [4.78, 5) is 9.97. The number of aromatic nitrogens is 2. The van der Waals surface area contributed by atoms with Gasteiger partial charge in [0, 0.05) is 55.7 Å². The zero-order chi connectivity index (χ0) is 24.1. The van der Waals surface area contributed by atoms with Crippen molar-refractivity contribution >= 4 is 22.8 Å². The van der Waals surface area contributed by atoms with E-state index < -0.39 is 0 Å². The number of hydrogen-bond donors (Lipinski definition) is 2. The molecule has 0 saturated heterocycles. The summed E-state index contributed by atoms with van der Waals surface area (Å²) >= 11 is 0. The third-order valence-corrected chi connectivity index (χ3v) is 6.02. The molecule has 0 fully saturated rings. The minimum absolute atomic E-state index is 0.165. The molecule has 4 rings (SSSR count). The molecule has 2 N–H and O–H groups in total. The van der Waals surface area contributed by atoms with E-state index >= 15 is 0 Å². The molecule has 0 amide bonds. The van der Waals surface area contributed by atoms with E-state index in [-0.39, 0.29) is 6.04 Å². The molecule has 0 spiro atoms.